The minimum Gasteiger partial charge on any atom is -0.399 e. The summed E-state index contributed by atoms with van der Waals surface area (Å²) in [4.78, 5) is -0.106. The Morgan fingerprint density at radius 1 is 1.33 bits per heavy atom. The summed E-state index contributed by atoms with van der Waals surface area (Å²) in [6.45, 7) is -0.469. The van der Waals surface area contributed by atoms with Crippen LogP contribution in [0.2, 0.25) is 0 Å². The van der Waals surface area contributed by atoms with E-state index in [0.717, 1.165) is 4.31 Å². The normalized spacial score (nSPS) is 21.4. The molecule has 1 unspecified atom stereocenters. The van der Waals surface area contributed by atoms with Gasteiger partial charge >= 0.3 is 6.18 Å². The Labute approximate surface area is 129 Å². The number of halogens is 4. The van der Waals surface area contributed by atoms with Crippen LogP contribution in [0.15, 0.2) is 27.6 Å². The summed E-state index contributed by atoms with van der Waals surface area (Å²) in [5.41, 5.74) is 5.80. The molecule has 1 saturated heterocycles. The van der Waals surface area contributed by atoms with Gasteiger partial charge in [0.1, 0.15) is 0 Å². The highest BCUT2D eigenvalue weighted by molar-refractivity contribution is 9.10. The first-order chi connectivity index (χ1) is 9.62. The zero-order valence-corrected chi connectivity index (χ0v) is 13.3. The Morgan fingerprint density at radius 2 is 2.00 bits per heavy atom. The number of hydrogen-bond acceptors (Lipinski definition) is 3. The van der Waals surface area contributed by atoms with E-state index in [1.165, 1.54) is 18.2 Å². The van der Waals surface area contributed by atoms with Gasteiger partial charge in [0.2, 0.25) is 10.0 Å². The van der Waals surface area contributed by atoms with Gasteiger partial charge in [0.15, 0.2) is 0 Å². The fraction of sp³-hybridized carbons (Fsp3) is 0.500. The van der Waals surface area contributed by atoms with E-state index in [1.54, 1.807) is 0 Å². The molecule has 4 nitrogen and oxygen atoms in total. The summed E-state index contributed by atoms with van der Waals surface area (Å²) in [6.07, 6.45) is -4.25. The van der Waals surface area contributed by atoms with Crippen molar-refractivity contribution in [3.8, 4) is 0 Å². The van der Waals surface area contributed by atoms with Gasteiger partial charge in [-0.25, -0.2) is 8.42 Å². The predicted octanol–water partition coefficient (Wildman–Crippen LogP) is 2.99. The molecule has 1 atom stereocenters. The maximum Gasteiger partial charge on any atom is 0.393 e. The molecule has 21 heavy (non-hydrogen) atoms. The molecule has 9 heteroatoms. The maximum absolute atomic E-state index is 12.8. The molecule has 1 aliphatic heterocycles. The van der Waals surface area contributed by atoms with Crippen LogP contribution < -0.4 is 5.73 Å². The number of nitrogens with zero attached hydrogens (tertiary/aromatic N) is 1. The number of alkyl halides is 3. The lowest BCUT2D eigenvalue weighted by Gasteiger charge is -2.33. The monoisotopic (exact) mass is 386 g/mol. The summed E-state index contributed by atoms with van der Waals surface area (Å²) in [7, 11) is -4.00. The van der Waals surface area contributed by atoms with E-state index >= 15 is 0 Å². The SMILES string of the molecule is Nc1ccc(Br)c(S(=O)(=O)N2CCCC(C(F)(F)F)C2)c1. The van der Waals surface area contributed by atoms with E-state index in [2.05, 4.69) is 15.9 Å². The lowest BCUT2D eigenvalue weighted by molar-refractivity contribution is -0.182. The van der Waals surface area contributed by atoms with E-state index in [4.69, 9.17) is 5.73 Å². The molecule has 0 aliphatic carbocycles. The summed E-state index contributed by atoms with van der Waals surface area (Å²) >= 11 is 3.10. The quantitative estimate of drug-likeness (QED) is 0.794. The summed E-state index contributed by atoms with van der Waals surface area (Å²) < 4.78 is 64.6. The first kappa shape index (κ1) is 16.6. The average Bonchev–Trinajstić information content (AvgIpc) is 2.40. The van der Waals surface area contributed by atoms with Crippen molar-refractivity contribution < 1.29 is 21.6 Å². The van der Waals surface area contributed by atoms with Gasteiger partial charge in [-0.05, 0) is 47.0 Å². The molecule has 0 amide bonds. The minimum absolute atomic E-state index is 0.0480. The van der Waals surface area contributed by atoms with Gasteiger partial charge in [0, 0.05) is 23.2 Å². The van der Waals surface area contributed by atoms with Crippen LogP contribution in [0.1, 0.15) is 12.8 Å². The lowest BCUT2D eigenvalue weighted by atomic mass is 9.99. The van der Waals surface area contributed by atoms with Gasteiger partial charge in [-0.1, -0.05) is 0 Å². The van der Waals surface area contributed by atoms with Crippen molar-refractivity contribution in [3.63, 3.8) is 0 Å². The van der Waals surface area contributed by atoms with Gasteiger partial charge in [0.25, 0.3) is 0 Å². The van der Waals surface area contributed by atoms with Crippen LogP contribution in [0.25, 0.3) is 0 Å². The Hall–Kier alpha value is -0.800. The van der Waals surface area contributed by atoms with Crippen LogP contribution in [-0.2, 0) is 10.0 Å². The highest BCUT2D eigenvalue weighted by Crippen LogP contribution is 2.36. The van der Waals surface area contributed by atoms with E-state index in [0.29, 0.717) is 0 Å². The molecular formula is C12H14BrF3N2O2S. The summed E-state index contributed by atoms with van der Waals surface area (Å²) in [6, 6.07) is 4.22. The molecule has 2 N–H and O–H groups in total. The van der Waals surface area contributed by atoms with E-state index in [-0.39, 0.29) is 34.4 Å². The second kappa shape index (κ2) is 5.77. The number of nitrogens with two attached hydrogens (primary N) is 1. The molecule has 1 fully saturated rings. The minimum atomic E-state index is -4.39. The van der Waals surface area contributed by atoms with Gasteiger partial charge < -0.3 is 5.73 Å². The molecule has 1 aromatic rings. The van der Waals surface area contributed by atoms with Crippen LogP contribution in [0.3, 0.4) is 0 Å². The van der Waals surface area contributed by atoms with E-state index < -0.39 is 28.7 Å². The largest absolute Gasteiger partial charge is 0.399 e. The number of nitrogen functional groups attached to an aromatic ring is 1. The van der Waals surface area contributed by atoms with Crippen LogP contribution in [-0.4, -0.2) is 32.0 Å². The predicted molar refractivity (Wildman–Crippen MR) is 76.1 cm³/mol. The lowest BCUT2D eigenvalue weighted by Crippen LogP contribution is -2.44. The molecule has 1 aromatic carbocycles. The smallest absolute Gasteiger partial charge is 0.393 e. The topological polar surface area (TPSA) is 63.4 Å². The van der Waals surface area contributed by atoms with Crippen molar-refractivity contribution in [3.05, 3.63) is 22.7 Å². The van der Waals surface area contributed by atoms with Crippen molar-refractivity contribution in [2.75, 3.05) is 18.8 Å². The van der Waals surface area contributed by atoms with E-state index in [9.17, 15) is 21.6 Å². The van der Waals surface area contributed by atoms with Crippen molar-refractivity contribution >= 4 is 31.6 Å². The van der Waals surface area contributed by atoms with Crippen molar-refractivity contribution in [2.24, 2.45) is 5.92 Å². The number of anilines is 1. The summed E-state index contributed by atoms with van der Waals surface area (Å²) in [5, 5.41) is 0. The van der Waals surface area contributed by atoms with Gasteiger partial charge in [0.05, 0.1) is 10.8 Å². The van der Waals surface area contributed by atoms with Gasteiger partial charge in [-0.3, -0.25) is 0 Å². The number of hydrogen-bond donors (Lipinski definition) is 1. The fourth-order valence-corrected chi connectivity index (χ4v) is 4.77. The third-order valence-corrected chi connectivity index (χ3v) is 6.28. The first-order valence-corrected chi connectivity index (χ1v) is 8.47. The van der Waals surface area contributed by atoms with Gasteiger partial charge in [-0.15, -0.1) is 0 Å². The highest BCUT2D eigenvalue weighted by Gasteiger charge is 2.44. The maximum atomic E-state index is 12.8. The number of sulfonamides is 1. The third-order valence-electron chi connectivity index (χ3n) is 3.42. The number of rotatable bonds is 2. The molecule has 0 saturated carbocycles. The van der Waals surface area contributed by atoms with Crippen molar-refractivity contribution in [1.29, 1.82) is 0 Å². The average molecular weight is 387 g/mol. The second-order valence-corrected chi connectivity index (χ2v) is 7.69. The van der Waals surface area contributed by atoms with Crippen LogP contribution >= 0.6 is 15.9 Å². The Bertz CT molecular complexity index is 634. The molecule has 0 aromatic heterocycles. The van der Waals surface area contributed by atoms with Crippen LogP contribution in [0.4, 0.5) is 18.9 Å². The molecule has 1 heterocycles. The van der Waals surface area contributed by atoms with Crippen LogP contribution in [0.5, 0.6) is 0 Å². The Balaban J connectivity index is 2.33. The molecule has 0 bridgehead atoms. The molecule has 118 valence electrons. The Kier molecular flexibility index (Phi) is 4.55. The zero-order chi connectivity index (χ0) is 15.8. The molecular weight excluding hydrogens is 373 g/mol. The van der Waals surface area contributed by atoms with Gasteiger partial charge in [-0.2, -0.15) is 17.5 Å². The summed E-state index contributed by atoms with van der Waals surface area (Å²) in [5.74, 6) is -1.62. The molecule has 0 radical (unpaired) electrons. The highest BCUT2D eigenvalue weighted by atomic mass is 79.9. The second-order valence-electron chi connectivity index (χ2n) is 4.93. The number of piperidine rings is 1. The Morgan fingerprint density at radius 3 is 2.62 bits per heavy atom. The molecule has 0 spiro atoms. The fourth-order valence-electron chi connectivity index (χ4n) is 2.28. The van der Waals surface area contributed by atoms with Crippen molar-refractivity contribution in [2.45, 2.75) is 23.9 Å². The molecule has 1 aliphatic rings. The number of benzene rings is 1. The zero-order valence-electron chi connectivity index (χ0n) is 10.9. The van der Waals surface area contributed by atoms with Crippen LogP contribution in [0, 0.1) is 5.92 Å². The third kappa shape index (κ3) is 3.51. The van der Waals surface area contributed by atoms with Crippen molar-refractivity contribution in [1.82, 2.24) is 4.31 Å². The van der Waals surface area contributed by atoms with E-state index in [1.807, 2.05) is 0 Å². The first-order valence-electron chi connectivity index (χ1n) is 6.24. The molecule has 2 rings (SSSR count). The standard InChI is InChI=1S/C12H14BrF3N2O2S/c13-10-4-3-9(17)6-11(10)21(19,20)18-5-1-2-8(7-18)12(14,15)16/h3-4,6,8H,1-2,5,7,17H2.